The van der Waals surface area contributed by atoms with Gasteiger partial charge in [-0.05, 0) is 45.2 Å². The van der Waals surface area contributed by atoms with Crippen LogP contribution < -0.4 is 4.90 Å². The minimum Gasteiger partial charge on any atom is -0.393 e. The van der Waals surface area contributed by atoms with E-state index in [9.17, 15) is 9.90 Å². The summed E-state index contributed by atoms with van der Waals surface area (Å²) in [7, 11) is 1.81. The number of amides is 1. The Bertz CT molecular complexity index is 494. The van der Waals surface area contributed by atoms with Crippen molar-refractivity contribution in [1.29, 1.82) is 0 Å². The smallest absolute Gasteiger partial charge is 0.255 e. The summed E-state index contributed by atoms with van der Waals surface area (Å²) < 4.78 is 0. The Kier molecular flexibility index (Phi) is 5.23. The highest BCUT2D eigenvalue weighted by atomic mass is 16.3. The van der Waals surface area contributed by atoms with Crippen LogP contribution in [0.5, 0.6) is 0 Å². The maximum Gasteiger partial charge on any atom is 0.255 e. The molecule has 1 unspecified atom stereocenters. The lowest BCUT2D eigenvalue weighted by molar-refractivity contribution is 0.0769. The van der Waals surface area contributed by atoms with Crippen LogP contribution in [0.25, 0.3) is 0 Å². The zero-order valence-electron chi connectivity index (χ0n) is 13.3. The highest BCUT2D eigenvalue weighted by molar-refractivity contribution is 6.00. The molecule has 0 radical (unpaired) electrons. The van der Waals surface area contributed by atoms with E-state index >= 15 is 0 Å². The summed E-state index contributed by atoms with van der Waals surface area (Å²) in [6.45, 7) is 6.40. The van der Waals surface area contributed by atoms with E-state index < -0.39 is 0 Å². The Labute approximate surface area is 127 Å². The highest BCUT2D eigenvalue weighted by Gasteiger charge is 2.21. The molecule has 0 aliphatic carbocycles. The number of aryl methyl sites for hydroxylation is 1. The van der Waals surface area contributed by atoms with Crippen molar-refractivity contribution < 1.29 is 9.90 Å². The Balaban J connectivity index is 2.20. The van der Waals surface area contributed by atoms with Gasteiger partial charge in [-0.2, -0.15) is 0 Å². The van der Waals surface area contributed by atoms with Crippen LogP contribution in [-0.4, -0.2) is 48.7 Å². The molecule has 1 amide bonds. The van der Waals surface area contributed by atoms with Gasteiger partial charge in [0.15, 0.2) is 0 Å². The van der Waals surface area contributed by atoms with Gasteiger partial charge in [0.05, 0.1) is 11.7 Å². The first-order chi connectivity index (χ1) is 9.99. The van der Waals surface area contributed by atoms with Crippen molar-refractivity contribution in [2.45, 2.75) is 39.2 Å². The molecule has 0 spiro atoms. The topological polar surface area (TPSA) is 43.8 Å². The predicted molar refractivity (Wildman–Crippen MR) is 85.9 cm³/mol. The van der Waals surface area contributed by atoms with Gasteiger partial charge in [-0.1, -0.05) is 11.6 Å². The average Bonchev–Trinajstić information content (AvgIpc) is 2.97. The van der Waals surface area contributed by atoms with E-state index in [-0.39, 0.29) is 12.0 Å². The van der Waals surface area contributed by atoms with Gasteiger partial charge in [-0.25, -0.2) is 0 Å². The first-order valence-electron chi connectivity index (χ1n) is 7.78. The Morgan fingerprint density at radius 2 is 2.05 bits per heavy atom. The van der Waals surface area contributed by atoms with E-state index in [4.69, 9.17) is 0 Å². The minimum atomic E-state index is -0.379. The number of anilines is 1. The van der Waals surface area contributed by atoms with Gasteiger partial charge in [-0.15, -0.1) is 0 Å². The first-order valence-corrected chi connectivity index (χ1v) is 7.78. The van der Waals surface area contributed by atoms with E-state index in [1.54, 1.807) is 18.9 Å². The minimum absolute atomic E-state index is 0.0428. The molecule has 116 valence electrons. The molecule has 1 aliphatic heterocycles. The molecule has 1 heterocycles. The number of aliphatic hydroxyl groups is 1. The summed E-state index contributed by atoms with van der Waals surface area (Å²) >= 11 is 0. The fourth-order valence-electron chi connectivity index (χ4n) is 2.74. The van der Waals surface area contributed by atoms with Crippen LogP contribution in [0.3, 0.4) is 0 Å². The van der Waals surface area contributed by atoms with Crippen LogP contribution in [-0.2, 0) is 0 Å². The second-order valence-corrected chi connectivity index (χ2v) is 6.08. The summed E-state index contributed by atoms with van der Waals surface area (Å²) in [4.78, 5) is 16.7. The number of nitrogens with zero attached hydrogens (tertiary/aromatic N) is 2. The van der Waals surface area contributed by atoms with Crippen molar-refractivity contribution in [3.8, 4) is 0 Å². The van der Waals surface area contributed by atoms with Crippen LogP contribution in [0.1, 0.15) is 42.1 Å². The van der Waals surface area contributed by atoms with Crippen LogP contribution in [0.15, 0.2) is 18.2 Å². The van der Waals surface area contributed by atoms with Crippen LogP contribution in [0.4, 0.5) is 5.69 Å². The normalized spacial score (nSPS) is 16.1. The zero-order valence-corrected chi connectivity index (χ0v) is 13.3. The molecule has 1 saturated heterocycles. The summed E-state index contributed by atoms with van der Waals surface area (Å²) in [5, 5.41) is 9.38. The lowest BCUT2D eigenvalue weighted by Crippen LogP contribution is -2.31. The highest BCUT2D eigenvalue weighted by Crippen LogP contribution is 2.26. The molecule has 1 aromatic rings. The maximum absolute atomic E-state index is 12.7. The monoisotopic (exact) mass is 290 g/mol. The lowest BCUT2D eigenvalue weighted by Gasteiger charge is -2.24. The summed E-state index contributed by atoms with van der Waals surface area (Å²) in [5.41, 5.74) is 2.93. The SMILES string of the molecule is Cc1ccc(N2CCCC2)c(C(=O)N(C)CCC(C)O)c1. The van der Waals surface area contributed by atoms with Crippen molar-refractivity contribution in [2.75, 3.05) is 31.6 Å². The second kappa shape index (κ2) is 6.94. The molecular formula is C17H26N2O2. The summed E-state index contributed by atoms with van der Waals surface area (Å²) in [6, 6.07) is 6.12. The Morgan fingerprint density at radius 1 is 1.38 bits per heavy atom. The Morgan fingerprint density at radius 3 is 2.67 bits per heavy atom. The van der Waals surface area contributed by atoms with Crippen LogP contribution in [0.2, 0.25) is 0 Å². The Hall–Kier alpha value is -1.55. The molecule has 0 saturated carbocycles. The number of aliphatic hydroxyl groups excluding tert-OH is 1. The van der Waals surface area contributed by atoms with Crippen LogP contribution in [0, 0.1) is 6.92 Å². The lowest BCUT2D eigenvalue weighted by atomic mass is 10.1. The molecule has 1 aliphatic rings. The molecule has 2 rings (SSSR count). The van der Waals surface area contributed by atoms with Crippen molar-refractivity contribution in [3.63, 3.8) is 0 Å². The molecule has 0 bridgehead atoms. The zero-order chi connectivity index (χ0) is 15.4. The van der Waals surface area contributed by atoms with Crippen molar-refractivity contribution >= 4 is 11.6 Å². The summed E-state index contributed by atoms with van der Waals surface area (Å²) in [6.07, 6.45) is 2.61. The first kappa shape index (κ1) is 15.8. The van der Waals surface area contributed by atoms with Gasteiger partial charge in [0.2, 0.25) is 0 Å². The van der Waals surface area contributed by atoms with E-state index in [0.717, 1.165) is 29.9 Å². The third-order valence-corrected chi connectivity index (χ3v) is 4.06. The second-order valence-electron chi connectivity index (χ2n) is 6.08. The van der Waals surface area contributed by atoms with Gasteiger partial charge in [0, 0.05) is 32.4 Å². The number of rotatable bonds is 5. The number of hydrogen-bond acceptors (Lipinski definition) is 3. The van der Waals surface area contributed by atoms with Gasteiger partial charge in [-0.3, -0.25) is 4.79 Å². The molecule has 21 heavy (non-hydrogen) atoms. The van der Waals surface area contributed by atoms with Crippen molar-refractivity contribution in [2.24, 2.45) is 0 Å². The van der Waals surface area contributed by atoms with E-state index in [1.165, 1.54) is 12.8 Å². The van der Waals surface area contributed by atoms with Crippen molar-refractivity contribution in [3.05, 3.63) is 29.3 Å². The molecule has 1 N–H and O–H groups in total. The van der Waals surface area contributed by atoms with Gasteiger partial charge in [0.25, 0.3) is 5.91 Å². The number of carbonyl (C=O) groups excluding carboxylic acids is 1. The summed E-state index contributed by atoms with van der Waals surface area (Å²) in [5.74, 6) is 0.0428. The molecular weight excluding hydrogens is 264 g/mol. The fraction of sp³-hybridized carbons (Fsp3) is 0.588. The molecule has 1 aromatic carbocycles. The van der Waals surface area contributed by atoms with E-state index in [0.29, 0.717) is 13.0 Å². The number of benzene rings is 1. The van der Waals surface area contributed by atoms with Gasteiger partial charge < -0.3 is 14.9 Å². The molecule has 4 heteroatoms. The van der Waals surface area contributed by atoms with E-state index in [2.05, 4.69) is 17.0 Å². The van der Waals surface area contributed by atoms with Crippen LogP contribution >= 0.6 is 0 Å². The van der Waals surface area contributed by atoms with Crippen molar-refractivity contribution in [1.82, 2.24) is 4.90 Å². The standard InChI is InChI=1S/C17H26N2O2/c1-13-6-7-16(19-9-4-5-10-19)15(12-13)17(21)18(3)11-8-14(2)20/h6-7,12,14,20H,4-5,8-11H2,1-3H3. The molecule has 1 atom stereocenters. The van der Waals surface area contributed by atoms with E-state index in [1.807, 2.05) is 13.0 Å². The molecule has 1 fully saturated rings. The predicted octanol–water partition coefficient (Wildman–Crippen LogP) is 2.44. The third kappa shape index (κ3) is 3.97. The van der Waals surface area contributed by atoms with Gasteiger partial charge >= 0.3 is 0 Å². The molecule has 4 nitrogen and oxygen atoms in total. The number of carbonyl (C=O) groups is 1. The maximum atomic E-state index is 12.7. The van der Waals surface area contributed by atoms with Gasteiger partial charge in [0.1, 0.15) is 0 Å². The third-order valence-electron chi connectivity index (χ3n) is 4.06. The molecule has 0 aromatic heterocycles. The quantitative estimate of drug-likeness (QED) is 0.906. The largest absolute Gasteiger partial charge is 0.393 e. The fourth-order valence-corrected chi connectivity index (χ4v) is 2.74. The average molecular weight is 290 g/mol. The number of hydrogen-bond donors (Lipinski definition) is 1.